The Kier molecular flexibility index (Phi) is 4.59. The summed E-state index contributed by atoms with van der Waals surface area (Å²) in [4.78, 5) is 17.7. The second-order valence-electron chi connectivity index (χ2n) is 7.32. The van der Waals surface area contributed by atoms with Crippen LogP contribution in [0, 0.1) is 6.92 Å². The van der Waals surface area contributed by atoms with Crippen LogP contribution in [0.1, 0.15) is 17.0 Å². The highest BCUT2D eigenvalue weighted by atomic mass is 16.7. The first-order valence-corrected chi connectivity index (χ1v) is 9.85. The summed E-state index contributed by atoms with van der Waals surface area (Å²) >= 11 is 0. The highest BCUT2D eigenvalue weighted by Gasteiger charge is 2.17. The summed E-state index contributed by atoms with van der Waals surface area (Å²) in [6.07, 6.45) is 0.665. The molecule has 1 amide bonds. The SMILES string of the molecule is Cc1ccccc1Cc1nc2ccccc2n1CC(=O)Nc1ccc2c(c1)OCO2. The molecule has 0 saturated carbocycles. The van der Waals surface area contributed by atoms with Crippen LogP contribution in [-0.4, -0.2) is 22.3 Å². The molecule has 0 spiro atoms. The largest absolute Gasteiger partial charge is 0.454 e. The Morgan fingerprint density at radius 1 is 1.03 bits per heavy atom. The first-order valence-electron chi connectivity index (χ1n) is 9.85. The molecule has 30 heavy (non-hydrogen) atoms. The second-order valence-corrected chi connectivity index (χ2v) is 7.32. The maximum atomic E-state index is 12.9. The number of carbonyl (C=O) groups is 1. The molecule has 0 bridgehead atoms. The Balaban J connectivity index is 1.43. The number of amides is 1. The number of hydrogen-bond acceptors (Lipinski definition) is 4. The van der Waals surface area contributed by atoms with E-state index in [4.69, 9.17) is 14.5 Å². The average molecular weight is 399 g/mol. The van der Waals surface area contributed by atoms with Gasteiger partial charge in [-0.25, -0.2) is 4.98 Å². The molecule has 0 aliphatic carbocycles. The number of aryl methyl sites for hydroxylation is 1. The van der Waals surface area contributed by atoms with Crippen molar-refractivity contribution in [3.63, 3.8) is 0 Å². The van der Waals surface area contributed by atoms with Gasteiger partial charge in [0.1, 0.15) is 12.4 Å². The fourth-order valence-corrected chi connectivity index (χ4v) is 3.73. The van der Waals surface area contributed by atoms with Crippen LogP contribution in [0.4, 0.5) is 5.69 Å². The van der Waals surface area contributed by atoms with Gasteiger partial charge in [-0.1, -0.05) is 36.4 Å². The van der Waals surface area contributed by atoms with E-state index >= 15 is 0 Å². The highest BCUT2D eigenvalue weighted by Crippen LogP contribution is 2.34. The molecule has 1 aliphatic heterocycles. The quantitative estimate of drug-likeness (QED) is 0.543. The molecule has 0 saturated heterocycles. The molecule has 3 aromatic carbocycles. The molecule has 0 fully saturated rings. The van der Waals surface area contributed by atoms with Crippen LogP contribution in [0.3, 0.4) is 0 Å². The zero-order valence-corrected chi connectivity index (χ0v) is 16.6. The van der Waals surface area contributed by atoms with E-state index in [2.05, 4.69) is 24.4 Å². The lowest BCUT2D eigenvalue weighted by Crippen LogP contribution is -2.20. The molecular formula is C24H21N3O3. The maximum Gasteiger partial charge on any atom is 0.244 e. The number of ether oxygens (including phenoxy) is 2. The van der Waals surface area contributed by atoms with Crippen molar-refractivity contribution in [2.75, 3.05) is 12.1 Å². The molecular weight excluding hydrogens is 378 g/mol. The number of carbonyl (C=O) groups excluding carboxylic acids is 1. The van der Waals surface area contributed by atoms with Crippen LogP contribution in [0.5, 0.6) is 11.5 Å². The van der Waals surface area contributed by atoms with E-state index in [-0.39, 0.29) is 19.2 Å². The predicted molar refractivity (Wildman–Crippen MR) is 115 cm³/mol. The van der Waals surface area contributed by atoms with Gasteiger partial charge < -0.3 is 19.4 Å². The van der Waals surface area contributed by atoms with E-state index in [0.717, 1.165) is 16.9 Å². The maximum absolute atomic E-state index is 12.9. The summed E-state index contributed by atoms with van der Waals surface area (Å²) < 4.78 is 12.7. The van der Waals surface area contributed by atoms with Gasteiger partial charge in [-0.2, -0.15) is 0 Å². The minimum Gasteiger partial charge on any atom is -0.454 e. The third-order valence-electron chi connectivity index (χ3n) is 5.30. The number of nitrogens with one attached hydrogen (secondary N) is 1. The number of anilines is 1. The normalized spacial score (nSPS) is 12.3. The van der Waals surface area contributed by atoms with Crippen molar-refractivity contribution in [2.24, 2.45) is 0 Å². The van der Waals surface area contributed by atoms with Gasteiger partial charge >= 0.3 is 0 Å². The average Bonchev–Trinajstić information content (AvgIpc) is 3.34. The highest BCUT2D eigenvalue weighted by molar-refractivity contribution is 5.92. The summed E-state index contributed by atoms with van der Waals surface area (Å²) in [5.41, 5.74) is 4.92. The zero-order chi connectivity index (χ0) is 20.5. The van der Waals surface area contributed by atoms with Crippen molar-refractivity contribution in [1.29, 1.82) is 0 Å². The van der Waals surface area contributed by atoms with Crippen molar-refractivity contribution in [3.05, 3.63) is 83.7 Å². The lowest BCUT2D eigenvalue weighted by molar-refractivity contribution is -0.116. The minimum absolute atomic E-state index is 0.122. The van der Waals surface area contributed by atoms with Crippen molar-refractivity contribution in [3.8, 4) is 11.5 Å². The number of nitrogens with zero attached hydrogens (tertiary/aromatic N) is 2. The minimum atomic E-state index is -0.122. The van der Waals surface area contributed by atoms with Gasteiger partial charge in [-0.15, -0.1) is 0 Å². The first-order chi connectivity index (χ1) is 14.7. The topological polar surface area (TPSA) is 65.4 Å². The molecule has 4 aromatic rings. The monoisotopic (exact) mass is 399 g/mol. The Bertz CT molecular complexity index is 1250. The van der Waals surface area contributed by atoms with Gasteiger partial charge in [-0.3, -0.25) is 4.79 Å². The fourth-order valence-electron chi connectivity index (χ4n) is 3.73. The lowest BCUT2D eigenvalue weighted by atomic mass is 10.1. The third kappa shape index (κ3) is 3.48. The predicted octanol–water partition coefficient (Wildman–Crippen LogP) is 4.30. The van der Waals surface area contributed by atoms with Gasteiger partial charge in [-0.05, 0) is 42.3 Å². The first kappa shape index (κ1) is 18.2. The number of para-hydroxylation sites is 2. The van der Waals surface area contributed by atoms with Crippen molar-refractivity contribution in [2.45, 2.75) is 19.9 Å². The number of fused-ring (bicyclic) bond motifs is 2. The van der Waals surface area contributed by atoms with Crippen molar-refractivity contribution in [1.82, 2.24) is 9.55 Å². The van der Waals surface area contributed by atoms with Gasteiger partial charge in [0.2, 0.25) is 12.7 Å². The molecule has 150 valence electrons. The summed E-state index contributed by atoms with van der Waals surface area (Å²) in [5.74, 6) is 2.07. The van der Waals surface area contributed by atoms with Crippen molar-refractivity contribution >= 4 is 22.6 Å². The summed E-state index contributed by atoms with van der Waals surface area (Å²) in [6, 6.07) is 21.5. The molecule has 6 nitrogen and oxygen atoms in total. The smallest absolute Gasteiger partial charge is 0.244 e. The van der Waals surface area contributed by atoms with Crippen LogP contribution in [0.25, 0.3) is 11.0 Å². The Labute approximate surface area is 174 Å². The van der Waals surface area contributed by atoms with Crippen LogP contribution in [-0.2, 0) is 17.8 Å². The zero-order valence-electron chi connectivity index (χ0n) is 16.6. The van der Waals surface area contributed by atoms with Crippen LogP contribution in [0.2, 0.25) is 0 Å². The number of imidazole rings is 1. The van der Waals surface area contributed by atoms with E-state index in [1.165, 1.54) is 11.1 Å². The van der Waals surface area contributed by atoms with E-state index in [1.54, 1.807) is 12.1 Å². The number of rotatable bonds is 5. The Morgan fingerprint density at radius 3 is 2.73 bits per heavy atom. The van der Waals surface area contributed by atoms with Crippen LogP contribution < -0.4 is 14.8 Å². The molecule has 0 atom stereocenters. The molecule has 1 aliphatic rings. The van der Waals surface area contributed by atoms with Crippen molar-refractivity contribution < 1.29 is 14.3 Å². The number of aromatic nitrogens is 2. The van der Waals surface area contributed by atoms with Gasteiger partial charge in [0.25, 0.3) is 0 Å². The standard InChI is InChI=1S/C24H21N3O3/c1-16-6-2-3-7-17(16)12-23-26-19-8-4-5-9-20(19)27(23)14-24(28)25-18-10-11-21-22(13-18)30-15-29-21/h2-11,13H,12,14-15H2,1H3,(H,25,28). The third-order valence-corrected chi connectivity index (χ3v) is 5.30. The van der Waals surface area contributed by atoms with E-state index < -0.39 is 0 Å². The molecule has 6 heteroatoms. The van der Waals surface area contributed by atoms with Gasteiger partial charge in [0.15, 0.2) is 11.5 Å². The molecule has 1 N–H and O–H groups in total. The summed E-state index contributed by atoms with van der Waals surface area (Å²) in [5, 5.41) is 2.95. The lowest BCUT2D eigenvalue weighted by Gasteiger charge is -2.11. The van der Waals surface area contributed by atoms with Gasteiger partial charge in [0, 0.05) is 18.2 Å². The fraction of sp³-hybridized carbons (Fsp3) is 0.167. The van der Waals surface area contributed by atoms with E-state index in [9.17, 15) is 4.79 Å². The molecule has 0 unspecified atom stereocenters. The number of hydrogen-bond donors (Lipinski definition) is 1. The van der Waals surface area contributed by atoms with Crippen LogP contribution >= 0.6 is 0 Å². The second kappa shape index (κ2) is 7.55. The number of benzene rings is 3. The Hall–Kier alpha value is -3.80. The molecule has 2 heterocycles. The summed E-state index contributed by atoms with van der Waals surface area (Å²) in [7, 11) is 0. The van der Waals surface area contributed by atoms with E-state index in [1.807, 2.05) is 47.0 Å². The molecule has 5 rings (SSSR count). The molecule has 0 radical (unpaired) electrons. The van der Waals surface area contributed by atoms with Gasteiger partial charge in [0.05, 0.1) is 11.0 Å². The van der Waals surface area contributed by atoms with E-state index in [0.29, 0.717) is 23.6 Å². The van der Waals surface area contributed by atoms with Crippen LogP contribution in [0.15, 0.2) is 66.7 Å². The Morgan fingerprint density at radius 2 is 1.83 bits per heavy atom. The molecule has 1 aromatic heterocycles. The summed E-state index contributed by atoms with van der Waals surface area (Å²) in [6.45, 7) is 2.47.